The number of hydrogen-bond acceptors (Lipinski definition) is 3. The van der Waals surface area contributed by atoms with Crippen LogP contribution in [-0.4, -0.2) is 52.0 Å². The van der Waals surface area contributed by atoms with E-state index in [1.165, 1.54) is 5.56 Å². The van der Waals surface area contributed by atoms with Gasteiger partial charge in [0.2, 0.25) is 0 Å². The molecule has 0 radical (unpaired) electrons. The van der Waals surface area contributed by atoms with Crippen molar-refractivity contribution in [2.75, 3.05) is 40.0 Å². The monoisotopic (exact) mass is 367 g/mol. The molecule has 1 aliphatic rings. The Kier molecular flexibility index (Phi) is 8.00. The number of nitrogens with one attached hydrogen (secondary N) is 2. The van der Waals surface area contributed by atoms with Gasteiger partial charge in [-0.05, 0) is 44.4 Å². The number of halogens is 1. The molecule has 1 aromatic carbocycles. The smallest absolute Gasteiger partial charge is 0.191 e. The van der Waals surface area contributed by atoms with Crippen LogP contribution < -0.4 is 10.6 Å². The van der Waals surface area contributed by atoms with E-state index in [1.807, 2.05) is 12.1 Å². The molecule has 0 spiro atoms. The fourth-order valence-electron chi connectivity index (χ4n) is 3.19. The van der Waals surface area contributed by atoms with Crippen LogP contribution in [0, 0.1) is 0 Å². The molecule has 2 N–H and O–H groups in total. The van der Waals surface area contributed by atoms with E-state index in [0.29, 0.717) is 13.2 Å². The Morgan fingerprint density at radius 1 is 1.40 bits per heavy atom. The molecular formula is C19H30ClN3O2. The maximum atomic E-state index is 6.24. The number of benzene rings is 1. The molecular weight excluding hydrogens is 338 g/mol. The second kappa shape index (κ2) is 10.00. The fourth-order valence-corrected chi connectivity index (χ4v) is 3.38. The van der Waals surface area contributed by atoms with E-state index in [1.54, 1.807) is 7.11 Å². The van der Waals surface area contributed by atoms with Crippen molar-refractivity contribution in [3.8, 4) is 0 Å². The second-order valence-corrected chi connectivity index (χ2v) is 7.04. The lowest BCUT2D eigenvalue weighted by Crippen LogP contribution is -2.45. The number of ether oxygens (including phenoxy) is 2. The molecule has 25 heavy (non-hydrogen) atoms. The molecule has 1 atom stereocenters. The van der Waals surface area contributed by atoms with Crippen LogP contribution in [0.4, 0.5) is 0 Å². The van der Waals surface area contributed by atoms with E-state index in [9.17, 15) is 0 Å². The van der Waals surface area contributed by atoms with Gasteiger partial charge in [0.15, 0.2) is 5.96 Å². The molecule has 0 saturated carbocycles. The Hall–Kier alpha value is -1.30. The van der Waals surface area contributed by atoms with Crippen LogP contribution in [-0.2, 0) is 14.9 Å². The highest BCUT2D eigenvalue weighted by molar-refractivity contribution is 6.30. The normalized spacial score (nSPS) is 18.6. The molecule has 5 nitrogen and oxygen atoms in total. The first-order valence-electron chi connectivity index (χ1n) is 8.97. The van der Waals surface area contributed by atoms with Crippen molar-refractivity contribution in [2.24, 2.45) is 4.99 Å². The molecule has 6 heteroatoms. The molecule has 2 rings (SSSR count). The molecule has 1 heterocycles. The first kappa shape index (κ1) is 20.0. The third kappa shape index (κ3) is 5.87. The summed E-state index contributed by atoms with van der Waals surface area (Å²) in [6, 6.07) is 8.35. The van der Waals surface area contributed by atoms with Crippen molar-refractivity contribution in [1.29, 1.82) is 0 Å². The van der Waals surface area contributed by atoms with Crippen molar-refractivity contribution in [2.45, 2.75) is 38.1 Å². The first-order chi connectivity index (χ1) is 12.1. The largest absolute Gasteiger partial charge is 0.383 e. The van der Waals surface area contributed by atoms with Crippen LogP contribution in [0.15, 0.2) is 29.3 Å². The van der Waals surface area contributed by atoms with Gasteiger partial charge < -0.3 is 20.1 Å². The Balaban J connectivity index is 2.19. The second-order valence-electron chi connectivity index (χ2n) is 6.60. The molecule has 1 fully saturated rings. The molecule has 0 amide bonds. The summed E-state index contributed by atoms with van der Waals surface area (Å²) in [4.78, 5) is 4.88. The molecule has 1 saturated heterocycles. The number of methoxy groups -OCH3 is 1. The summed E-state index contributed by atoms with van der Waals surface area (Å²) in [7, 11) is 1.71. The van der Waals surface area contributed by atoms with Crippen molar-refractivity contribution < 1.29 is 9.47 Å². The van der Waals surface area contributed by atoms with E-state index in [-0.39, 0.29) is 11.5 Å². The Morgan fingerprint density at radius 2 is 2.16 bits per heavy atom. The summed E-state index contributed by atoms with van der Waals surface area (Å²) in [5.41, 5.74) is 1.21. The summed E-state index contributed by atoms with van der Waals surface area (Å²) in [6.07, 6.45) is 1.90. The van der Waals surface area contributed by atoms with Gasteiger partial charge in [-0.25, -0.2) is 0 Å². The van der Waals surface area contributed by atoms with Crippen LogP contribution in [0.3, 0.4) is 0 Å². The highest BCUT2D eigenvalue weighted by Crippen LogP contribution is 2.36. The van der Waals surface area contributed by atoms with Crippen LogP contribution in [0.25, 0.3) is 0 Å². The summed E-state index contributed by atoms with van der Waals surface area (Å²) >= 11 is 6.24. The van der Waals surface area contributed by atoms with Gasteiger partial charge in [-0.15, -0.1) is 0 Å². The van der Waals surface area contributed by atoms with Gasteiger partial charge in [0.05, 0.1) is 13.2 Å². The Bertz CT molecular complexity index is 559. The highest BCUT2D eigenvalue weighted by Gasteiger charge is 2.34. The predicted molar refractivity (Wildman–Crippen MR) is 104 cm³/mol. The van der Waals surface area contributed by atoms with Gasteiger partial charge in [-0.3, -0.25) is 4.99 Å². The molecule has 0 bridgehead atoms. The zero-order chi connectivity index (χ0) is 18.1. The molecule has 0 aliphatic carbocycles. The lowest BCUT2D eigenvalue weighted by molar-refractivity contribution is 0.0531. The zero-order valence-electron chi connectivity index (χ0n) is 15.5. The van der Waals surface area contributed by atoms with Crippen LogP contribution >= 0.6 is 11.6 Å². The number of nitrogens with zero attached hydrogens (tertiary/aromatic N) is 1. The molecule has 140 valence electrons. The van der Waals surface area contributed by atoms with Crippen LogP contribution in [0.5, 0.6) is 0 Å². The maximum Gasteiger partial charge on any atom is 0.191 e. The Labute approximate surface area is 156 Å². The fraction of sp³-hybridized carbons (Fsp3) is 0.632. The van der Waals surface area contributed by atoms with Gasteiger partial charge in [-0.1, -0.05) is 23.7 Å². The maximum absolute atomic E-state index is 6.24. The highest BCUT2D eigenvalue weighted by atomic mass is 35.5. The van der Waals surface area contributed by atoms with Crippen molar-refractivity contribution in [3.63, 3.8) is 0 Å². The summed E-state index contributed by atoms with van der Waals surface area (Å²) in [5, 5.41) is 7.48. The summed E-state index contributed by atoms with van der Waals surface area (Å²) in [5.74, 6) is 0.819. The van der Waals surface area contributed by atoms with E-state index in [0.717, 1.165) is 43.6 Å². The number of rotatable bonds is 7. The van der Waals surface area contributed by atoms with E-state index >= 15 is 0 Å². The molecule has 0 aromatic heterocycles. The average Bonchev–Trinajstić information content (AvgIpc) is 2.61. The first-order valence-corrected chi connectivity index (χ1v) is 9.35. The number of guanidine groups is 1. The van der Waals surface area contributed by atoms with E-state index < -0.39 is 0 Å². The van der Waals surface area contributed by atoms with E-state index in [4.69, 9.17) is 26.1 Å². The van der Waals surface area contributed by atoms with Crippen molar-refractivity contribution in [1.82, 2.24) is 10.6 Å². The van der Waals surface area contributed by atoms with Crippen molar-refractivity contribution >= 4 is 17.6 Å². The SMILES string of the molecule is CCNC(=NCC1(c2cccc(Cl)c2)CCOCC1)NC(C)COC. The summed E-state index contributed by atoms with van der Waals surface area (Å²) < 4.78 is 10.8. The minimum Gasteiger partial charge on any atom is -0.383 e. The number of aliphatic imine (C=N–C) groups is 1. The lowest BCUT2D eigenvalue weighted by atomic mass is 9.74. The Morgan fingerprint density at radius 3 is 2.80 bits per heavy atom. The summed E-state index contributed by atoms with van der Waals surface area (Å²) in [6.45, 7) is 7.82. The third-order valence-corrected chi connectivity index (χ3v) is 4.81. The minimum atomic E-state index is -0.0318. The number of hydrogen-bond donors (Lipinski definition) is 2. The van der Waals surface area contributed by atoms with Gasteiger partial charge in [-0.2, -0.15) is 0 Å². The van der Waals surface area contributed by atoms with Gasteiger partial charge in [0, 0.05) is 43.3 Å². The zero-order valence-corrected chi connectivity index (χ0v) is 16.2. The third-order valence-electron chi connectivity index (χ3n) is 4.57. The average molecular weight is 368 g/mol. The van der Waals surface area contributed by atoms with Gasteiger partial charge in [0.1, 0.15) is 0 Å². The predicted octanol–water partition coefficient (Wildman–Crippen LogP) is 2.98. The van der Waals surface area contributed by atoms with Crippen molar-refractivity contribution in [3.05, 3.63) is 34.9 Å². The van der Waals surface area contributed by atoms with Crippen LogP contribution in [0.1, 0.15) is 32.3 Å². The topological polar surface area (TPSA) is 54.9 Å². The van der Waals surface area contributed by atoms with E-state index in [2.05, 4.69) is 36.6 Å². The standard InChI is InChI=1S/C19H30ClN3O2/c1-4-21-18(23-15(2)13-24-3)22-14-19(8-10-25-11-9-19)16-6-5-7-17(20)12-16/h5-7,12,15H,4,8-11,13-14H2,1-3H3,(H2,21,22,23). The van der Waals surface area contributed by atoms with Gasteiger partial charge >= 0.3 is 0 Å². The lowest BCUT2D eigenvalue weighted by Gasteiger charge is -2.37. The molecule has 1 aromatic rings. The molecule has 1 aliphatic heterocycles. The molecule has 1 unspecified atom stereocenters. The quantitative estimate of drug-likeness (QED) is 0.574. The van der Waals surface area contributed by atoms with Gasteiger partial charge in [0.25, 0.3) is 0 Å². The minimum absolute atomic E-state index is 0.0318. The van der Waals surface area contributed by atoms with Crippen LogP contribution in [0.2, 0.25) is 5.02 Å².